The van der Waals surface area contributed by atoms with Gasteiger partial charge in [0.15, 0.2) is 0 Å². The third-order valence-electron chi connectivity index (χ3n) is 5.21. The molecule has 0 saturated carbocycles. The van der Waals surface area contributed by atoms with Crippen molar-refractivity contribution < 1.29 is 13.2 Å². The van der Waals surface area contributed by atoms with Gasteiger partial charge in [-0.05, 0) is 56.4 Å². The van der Waals surface area contributed by atoms with Crippen LogP contribution in [0.1, 0.15) is 43.9 Å². The minimum absolute atomic E-state index is 0.0141. The fourth-order valence-corrected chi connectivity index (χ4v) is 5.62. The SMILES string of the molecule is [C-]#[N+]c1cc(-c2nnc(-c3cccc4c3CCC[C@H]4NS(C)(=O)=O)s2)ccc1OC(C)C. The summed E-state index contributed by atoms with van der Waals surface area (Å²) in [7, 11) is -3.30. The van der Waals surface area contributed by atoms with Crippen LogP contribution in [0.25, 0.3) is 26.0 Å². The van der Waals surface area contributed by atoms with Gasteiger partial charge in [0.2, 0.25) is 15.7 Å². The molecule has 2 aromatic carbocycles. The minimum atomic E-state index is -3.30. The zero-order chi connectivity index (χ0) is 22.9. The molecule has 3 aromatic rings. The number of hydrogen-bond acceptors (Lipinski definition) is 6. The van der Waals surface area contributed by atoms with E-state index in [1.807, 2.05) is 38.1 Å². The largest absolute Gasteiger partial charge is 0.502 e. The first-order chi connectivity index (χ1) is 15.2. The lowest BCUT2D eigenvalue weighted by molar-refractivity contribution is 0.244. The fraction of sp³-hybridized carbons (Fsp3) is 0.348. The fourth-order valence-electron chi connectivity index (χ4n) is 3.97. The van der Waals surface area contributed by atoms with E-state index >= 15 is 0 Å². The number of fused-ring (bicyclic) bond motifs is 1. The molecular formula is C23H24N4O3S2. The first-order valence-electron chi connectivity index (χ1n) is 10.4. The number of nitrogens with one attached hydrogen (secondary N) is 1. The summed E-state index contributed by atoms with van der Waals surface area (Å²) in [5, 5.41) is 10.3. The third-order valence-corrected chi connectivity index (χ3v) is 6.93. The van der Waals surface area contributed by atoms with Crippen molar-refractivity contribution >= 4 is 27.0 Å². The Morgan fingerprint density at radius 2 is 2.00 bits per heavy atom. The van der Waals surface area contributed by atoms with E-state index in [0.717, 1.165) is 51.5 Å². The molecule has 0 aliphatic heterocycles. The van der Waals surface area contributed by atoms with Crippen LogP contribution >= 0.6 is 11.3 Å². The van der Waals surface area contributed by atoms with Gasteiger partial charge in [-0.25, -0.2) is 18.0 Å². The predicted molar refractivity (Wildman–Crippen MR) is 126 cm³/mol. The molecule has 0 unspecified atom stereocenters. The number of ether oxygens (including phenoxy) is 1. The molecule has 1 aromatic heterocycles. The van der Waals surface area contributed by atoms with Gasteiger partial charge in [0.1, 0.15) is 15.8 Å². The second-order valence-electron chi connectivity index (χ2n) is 8.08. The van der Waals surface area contributed by atoms with Crippen LogP contribution in [0.3, 0.4) is 0 Å². The van der Waals surface area contributed by atoms with Crippen LogP contribution in [-0.2, 0) is 16.4 Å². The number of rotatable bonds is 6. The van der Waals surface area contributed by atoms with Crippen molar-refractivity contribution in [3.8, 4) is 26.9 Å². The first kappa shape index (κ1) is 22.4. The van der Waals surface area contributed by atoms with Gasteiger partial charge in [-0.2, -0.15) is 0 Å². The molecule has 1 heterocycles. The Bertz CT molecular complexity index is 1290. The summed E-state index contributed by atoms with van der Waals surface area (Å²) in [6.45, 7) is 11.3. The summed E-state index contributed by atoms with van der Waals surface area (Å²) in [5.41, 5.74) is 4.36. The summed E-state index contributed by atoms with van der Waals surface area (Å²) >= 11 is 1.46. The monoisotopic (exact) mass is 468 g/mol. The van der Waals surface area contributed by atoms with Gasteiger partial charge in [0.25, 0.3) is 0 Å². The Morgan fingerprint density at radius 1 is 1.22 bits per heavy atom. The highest BCUT2D eigenvalue weighted by atomic mass is 32.2. The maximum Gasteiger partial charge on any atom is 0.228 e. The number of benzene rings is 2. The zero-order valence-electron chi connectivity index (χ0n) is 18.1. The molecule has 1 atom stereocenters. The van der Waals surface area contributed by atoms with Crippen LogP contribution in [0.4, 0.5) is 5.69 Å². The van der Waals surface area contributed by atoms with Gasteiger partial charge in [0.05, 0.1) is 18.9 Å². The summed E-state index contributed by atoms with van der Waals surface area (Å²) in [4.78, 5) is 3.60. The lowest BCUT2D eigenvalue weighted by Gasteiger charge is -2.27. The lowest BCUT2D eigenvalue weighted by atomic mass is 9.85. The summed E-state index contributed by atoms with van der Waals surface area (Å²) in [6, 6.07) is 11.2. The van der Waals surface area contributed by atoms with E-state index in [1.165, 1.54) is 17.6 Å². The normalized spacial score (nSPS) is 15.9. The summed E-state index contributed by atoms with van der Waals surface area (Å²) in [5.74, 6) is 0.560. The van der Waals surface area contributed by atoms with E-state index in [4.69, 9.17) is 11.3 Å². The van der Waals surface area contributed by atoms with Crippen LogP contribution in [0.5, 0.6) is 5.75 Å². The molecule has 32 heavy (non-hydrogen) atoms. The Morgan fingerprint density at radius 3 is 2.72 bits per heavy atom. The van der Waals surface area contributed by atoms with E-state index < -0.39 is 10.0 Å². The summed E-state index contributed by atoms with van der Waals surface area (Å²) in [6.07, 6.45) is 3.71. The molecule has 1 aliphatic carbocycles. The standard InChI is InChI=1S/C23H24N4O3S2/c1-14(2)30-21-12-11-15(13-20(21)24-3)22-25-26-23(31-22)18-9-5-8-17-16(18)7-6-10-19(17)27-32(4,28)29/h5,8-9,11-14,19,27H,6-7,10H2,1-2,4H3/t19-/m1/s1. The maximum atomic E-state index is 11.8. The second kappa shape index (κ2) is 8.98. The molecule has 1 aliphatic rings. The molecule has 0 amide bonds. The Balaban J connectivity index is 1.68. The Labute approximate surface area is 192 Å². The molecule has 0 saturated heterocycles. The van der Waals surface area contributed by atoms with Crippen LogP contribution in [0, 0.1) is 6.57 Å². The molecule has 7 nitrogen and oxygen atoms in total. The molecule has 0 bridgehead atoms. The number of aromatic nitrogens is 2. The van der Waals surface area contributed by atoms with Gasteiger partial charge in [0, 0.05) is 17.2 Å². The molecule has 0 fully saturated rings. The highest BCUT2D eigenvalue weighted by Crippen LogP contribution is 2.40. The molecule has 0 radical (unpaired) electrons. The van der Waals surface area contributed by atoms with E-state index in [9.17, 15) is 8.42 Å². The number of sulfonamides is 1. The molecule has 166 valence electrons. The van der Waals surface area contributed by atoms with Crippen molar-refractivity contribution in [3.05, 3.63) is 58.9 Å². The van der Waals surface area contributed by atoms with Gasteiger partial charge < -0.3 is 4.74 Å². The van der Waals surface area contributed by atoms with Crippen molar-refractivity contribution in [1.82, 2.24) is 14.9 Å². The maximum absolute atomic E-state index is 11.8. The van der Waals surface area contributed by atoms with Crippen molar-refractivity contribution in [1.29, 1.82) is 0 Å². The van der Waals surface area contributed by atoms with E-state index in [1.54, 1.807) is 12.1 Å². The van der Waals surface area contributed by atoms with Crippen molar-refractivity contribution in [2.24, 2.45) is 0 Å². The third kappa shape index (κ3) is 4.83. The smallest absolute Gasteiger partial charge is 0.228 e. The van der Waals surface area contributed by atoms with E-state index in [2.05, 4.69) is 19.8 Å². The number of nitrogens with zero attached hydrogens (tertiary/aromatic N) is 3. The van der Waals surface area contributed by atoms with Crippen LogP contribution < -0.4 is 9.46 Å². The van der Waals surface area contributed by atoms with Crippen LogP contribution in [-0.4, -0.2) is 31.0 Å². The average Bonchev–Trinajstić information content (AvgIpc) is 3.22. The Hall–Kier alpha value is -2.80. The Kier molecular flexibility index (Phi) is 6.29. The number of hydrogen-bond donors (Lipinski definition) is 1. The predicted octanol–water partition coefficient (Wildman–Crippen LogP) is 5.14. The van der Waals surface area contributed by atoms with Gasteiger partial charge >= 0.3 is 0 Å². The van der Waals surface area contributed by atoms with E-state index in [0.29, 0.717) is 11.4 Å². The van der Waals surface area contributed by atoms with Crippen molar-refractivity contribution in [2.75, 3.05) is 6.26 Å². The van der Waals surface area contributed by atoms with Gasteiger partial charge in [-0.1, -0.05) is 35.6 Å². The van der Waals surface area contributed by atoms with Crippen LogP contribution in [0.2, 0.25) is 0 Å². The molecule has 4 rings (SSSR count). The molecule has 9 heteroatoms. The van der Waals surface area contributed by atoms with Gasteiger partial charge in [-0.3, -0.25) is 0 Å². The minimum Gasteiger partial charge on any atom is -0.502 e. The molecule has 1 N–H and O–H groups in total. The molecule has 0 spiro atoms. The topological polar surface area (TPSA) is 85.5 Å². The average molecular weight is 469 g/mol. The lowest BCUT2D eigenvalue weighted by Crippen LogP contribution is -2.30. The quantitative estimate of drug-likeness (QED) is 0.507. The zero-order valence-corrected chi connectivity index (χ0v) is 19.8. The van der Waals surface area contributed by atoms with E-state index in [-0.39, 0.29) is 12.1 Å². The highest BCUT2D eigenvalue weighted by Gasteiger charge is 2.26. The second-order valence-corrected chi connectivity index (χ2v) is 10.8. The van der Waals surface area contributed by atoms with Gasteiger partial charge in [-0.15, -0.1) is 10.2 Å². The first-order valence-corrected chi connectivity index (χ1v) is 13.1. The van der Waals surface area contributed by atoms with Crippen LogP contribution in [0.15, 0.2) is 36.4 Å². The summed E-state index contributed by atoms with van der Waals surface area (Å²) < 4.78 is 32.1. The van der Waals surface area contributed by atoms with Crippen molar-refractivity contribution in [2.45, 2.75) is 45.3 Å². The highest BCUT2D eigenvalue weighted by molar-refractivity contribution is 7.88. The molecular weight excluding hydrogens is 444 g/mol. The van der Waals surface area contributed by atoms with Crippen molar-refractivity contribution in [3.63, 3.8) is 0 Å².